The molecule has 0 aromatic heterocycles. The highest BCUT2D eigenvalue weighted by Gasteiger charge is 2.38. The Balaban J connectivity index is 1.30. The van der Waals surface area contributed by atoms with Crippen LogP contribution in [0.15, 0.2) is 30.3 Å². The molecular weight excluding hydrogens is 340 g/mol. The van der Waals surface area contributed by atoms with E-state index in [1.165, 1.54) is 0 Å². The van der Waals surface area contributed by atoms with Crippen LogP contribution in [0.5, 0.6) is 0 Å². The Morgan fingerprint density at radius 1 is 1.11 bits per heavy atom. The molecule has 3 atom stereocenters. The van der Waals surface area contributed by atoms with Gasteiger partial charge in [-0.1, -0.05) is 18.2 Å². The Labute approximate surface area is 161 Å². The predicted molar refractivity (Wildman–Crippen MR) is 106 cm³/mol. The second-order valence-electron chi connectivity index (χ2n) is 8.03. The maximum Gasteiger partial charge on any atom is 0.244 e. The summed E-state index contributed by atoms with van der Waals surface area (Å²) in [5.74, 6) is 0.792. The minimum absolute atomic E-state index is 0.0134. The van der Waals surface area contributed by atoms with E-state index in [2.05, 4.69) is 15.5 Å². The monoisotopic (exact) mass is 370 g/mol. The Bertz CT molecular complexity index is 659. The molecule has 3 heterocycles. The molecule has 3 saturated heterocycles. The number of piperidine rings is 1. The minimum Gasteiger partial charge on any atom is -0.354 e. The van der Waals surface area contributed by atoms with Crippen LogP contribution < -0.4 is 15.5 Å². The van der Waals surface area contributed by atoms with E-state index in [1.54, 1.807) is 0 Å². The van der Waals surface area contributed by atoms with Crippen molar-refractivity contribution in [2.45, 2.75) is 44.2 Å². The summed E-state index contributed by atoms with van der Waals surface area (Å²) in [4.78, 5) is 29.5. The van der Waals surface area contributed by atoms with E-state index in [4.69, 9.17) is 0 Å². The zero-order valence-corrected chi connectivity index (χ0v) is 15.9. The first-order valence-electron chi connectivity index (χ1n) is 10.3. The molecule has 2 amide bonds. The second-order valence-corrected chi connectivity index (χ2v) is 8.03. The molecule has 2 N–H and O–H groups in total. The number of benzene rings is 1. The van der Waals surface area contributed by atoms with Crippen molar-refractivity contribution in [2.75, 3.05) is 37.6 Å². The second kappa shape index (κ2) is 8.40. The lowest BCUT2D eigenvalue weighted by atomic mass is 9.96. The SMILES string of the molecule is O=C(NCC1CCCN(C2CCN(c3ccccc3)C2=O)C1)C1CCCN1. The summed E-state index contributed by atoms with van der Waals surface area (Å²) in [7, 11) is 0. The van der Waals surface area contributed by atoms with Crippen molar-refractivity contribution in [2.24, 2.45) is 5.92 Å². The van der Waals surface area contributed by atoms with Gasteiger partial charge in [0.1, 0.15) is 0 Å². The number of nitrogens with zero attached hydrogens (tertiary/aromatic N) is 2. The molecule has 146 valence electrons. The highest BCUT2D eigenvalue weighted by Crippen LogP contribution is 2.27. The van der Waals surface area contributed by atoms with Crippen LogP contribution in [-0.4, -0.2) is 61.5 Å². The summed E-state index contributed by atoms with van der Waals surface area (Å²) < 4.78 is 0. The van der Waals surface area contributed by atoms with Gasteiger partial charge in [0.05, 0.1) is 12.1 Å². The number of likely N-dealkylation sites (tertiary alicyclic amines) is 1. The van der Waals surface area contributed by atoms with Crippen LogP contribution in [0.3, 0.4) is 0 Å². The highest BCUT2D eigenvalue weighted by atomic mass is 16.2. The van der Waals surface area contributed by atoms with Crippen molar-refractivity contribution in [1.82, 2.24) is 15.5 Å². The first-order valence-corrected chi connectivity index (χ1v) is 10.3. The van der Waals surface area contributed by atoms with Gasteiger partial charge in [0.15, 0.2) is 0 Å². The fourth-order valence-corrected chi connectivity index (χ4v) is 4.69. The standard InChI is InChI=1S/C21H30N4O2/c26-20(18-9-4-11-22-18)23-14-16-6-5-12-24(15-16)19-10-13-25(21(19)27)17-7-2-1-3-8-17/h1-3,7-8,16,18-19,22H,4-6,9-15H2,(H,23,26). The maximum absolute atomic E-state index is 13.0. The Morgan fingerprint density at radius 2 is 1.96 bits per heavy atom. The van der Waals surface area contributed by atoms with Gasteiger partial charge in [-0.2, -0.15) is 0 Å². The third-order valence-electron chi connectivity index (χ3n) is 6.18. The molecule has 0 bridgehead atoms. The number of amides is 2. The van der Waals surface area contributed by atoms with Gasteiger partial charge >= 0.3 is 0 Å². The summed E-state index contributed by atoms with van der Waals surface area (Å²) in [6.45, 7) is 4.33. The smallest absolute Gasteiger partial charge is 0.244 e. The van der Waals surface area contributed by atoms with Crippen LogP contribution in [0.1, 0.15) is 32.1 Å². The van der Waals surface area contributed by atoms with E-state index in [0.29, 0.717) is 5.92 Å². The summed E-state index contributed by atoms with van der Waals surface area (Å²) in [6.07, 6.45) is 5.12. The molecule has 0 radical (unpaired) electrons. The molecule has 0 saturated carbocycles. The first kappa shape index (κ1) is 18.4. The molecule has 1 aromatic rings. The van der Waals surface area contributed by atoms with Crippen molar-refractivity contribution < 1.29 is 9.59 Å². The average Bonchev–Trinajstić information content (AvgIpc) is 3.37. The van der Waals surface area contributed by atoms with Gasteiger partial charge in [-0.05, 0) is 63.2 Å². The zero-order valence-electron chi connectivity index (χ0n) is 15.9. The van der Waals surface area contributed by atoms with Crippen LogP contribution in [-0.2, 0) is 9.59 Å². The quantitative estimate of drug-likeness (QED) is 0.822. The molecule has 0 spiro atoms. The number of anilines is 1. The number of rotatable bonds is 5. The van der Waals surface area contributed by atoms with Gasteiger partial charge in [0.25, 0.3) is 0 Å². The molecule has 4 rings (SSSR count). The number of nitrogens with one attached hydrogen (secondary N) is 2. The van der Waals surface area contributed by atoms with Crippen LogP contribution in [0, 0.1) is 5.92 Å². The van der Waals surface area contributed by atoms with Gasteiger partial charge in [-0.25, -0.2) is 0 Å². The molecule has 6 nitrogen and oxygen atoms in total. The lowest BCUT2D eigenvalue weighted by Crippen LogP contribution is -2.49. The summed E-state index contributed by atoms with van der Waals surface area (Å²) in [5, 5.41) is 6.38. The number of hydrogen-bond acceptors (Lipinski definition) is 4. The lowest BCUT2D eigenvalue weighted by Gasteiger charge is -2.36. The van der Waals surface area contributed by atoms with Gasteiger partial charge in [0.2, 0.25) is 11.8 Å². The van der Waals surface area contributed by atoms with Crippen molar-refractivity contribution in [3.8, 4) is 0 Å². The molecular formula is C21H30N4O2. The largest absolute Gasteiger partial charge is 0.354 e. The minimum atomic E-state index is -0.0137. The van der Waals surface area contributed by atoms with Crippen molar-refractivity contribution in [3.63, 3.8) is 0 Å². The Hall–Kier alpha value is -1.92. The number of carbonyl (C=O) groups is 2. The van der Waals surface area contributed by atoms with E-state index in [9.17, 15) is 9.59 Å². The number of para-hydroxylation sites is 1. The molecule has 27 heavy (non-hydrogen) atoms. The fraction of sp³-hybridized carbons (Fsp3) is 0.619. The van der Waals surface area contributed by atoms with Crippen molar-refractivity contribution in [1.29, 1.82) is 0 Å². The molecule has 3 unspecified atom stereocenters. The summed E-state index contributed by atoms with van der Waals surface area (Å²) in [5.41, 5.74) is 0.995. The van der Waals surface area contributed by atoms with Gasteiger partial charge in [0, 0.05) is 25.3 Å². The van der Waals surface area contributed by atoms with Gasteiger partial charge in [-0.3, -0.25) is 14.5 Å². The van der Waals surface area contributed by atoms with Gasteiger partial charge < -0.3 is 15.5 Å². The lowest BCUT2D eigenvalue weighted by molar-refractivity contribution is -0.124. The highest BCUT2D eigenvalue weighted by molar-refractivity contribution is 5.99. The third-order valence-corrected chi connectivity index (χ3v) is 6.18. The molecule has 6 heteroatoms. The first-order chi connectivity index (χ1) is 13.2. The summed E-state index contributed by atoms with van der Waals surface area (Å²) in [6, 6.07) is 9.92. The average molecular weight is 370 g/mol. The number of carbonyl (C=O) groups excluding carboxylic acids is 2. The van der Waals surface area contributed by atoms with E-state index >= 15 is 0 Å². The predicted octanol–water partition coefficient (Wildman–Crippen LogP) is 1.37. The zero-order chi connectivity index (χ0) is 18.6. The maximum atomic E-state index is 13.0. The van der Waals surface area contributed by atoms with E-state index in [0.717, 1.165) is 70.5 Å². The normalized spacial score (nSPS) is 29.3. The third kappa shape index (κ3) is 4.17. The van der Waals surface area contributed by atoms with Crippen LogP contribution in [0.2, 0.25) is 0 Å². The Kier molecular flexibility index (Phi) is 5.74. The number of hydrogen-bond donors (Lipinski definition) is 2. The van der Waals surface area contributed by atoms with Crippen molar-refractivity contribution >= 4 is 17.5 Å². The van der Waals surface area contributed by atoms with E-state index < -0.39 is 0 Å². The molecule has 1 aromatic carbocycles. The van der Waals surface area contributed by atoms with Gasteiger partial charge in [-0.15, -0.1) is 0 Å². The van der Waals surface area contributed by atoms with E-state index in [-0.39, 0.29) is 23.9 Å². The molecule has 0 aliphatic carbocycles. The summed E-state index contributed by atoms with van der Waals surface area (Å²) >= 11 is 0. The topological polar surface area (TPSA) is 64.7 Å². The van der Waals surface area contributed by atoms with Crippen LogP contribution in [0.25, 0.3) is 0 Å². The van der Waals surface area contributed by atoms with Crippen LogP contribution in [0.4, 0.5) is 5.69 Å². The fourth-order valence-electron chi connectivity index (χ4n) is 4.69. The molecule has 3 aliphatic rings. The molecule has 3 fully saturated rings. The van der Waals surface area contributed by atoms with Crippen molar-refractivity contribution in [3.05, 3.63) is 30.3 Å². The molecule has 3 aliphatic heterocycles. The van der Waals surface area contributed by atoms with E-state index in [1.807, 2.05) is 35.2 Å². The Morgan fingerprint density at radius 3 is 2.74 bits per heavy atom. The van der Waals surface area contributed by atoms with Crippen LogP contribution >= 0.6 is 0 Å².